The van der Waals surface area contributed by atoms with Gasteiger partial charge in [0, 0.05) is 41.8 Å². The Labute approximate surface area is 231 Å². The third-order valence-electron chi connectivity index (χ3n) is 6.55. The third-order valence-corrected chi connectivity index (χ3v) is 7.05. The number of halogens is 2. The Hall–Kier alpha value is -3.42. The fraction of sp³-hybridized carbons (Fsp3) is 0.258. The molecule has 0 radical (unpaired) electrons. The molecule has 0 bridgehead atoms. The molecular weight excluding hydrogens is 545 g/mol. The molecule has 196 valence electrons. The van der Waals surface area contributed by atoms with Crippen molar-refractivity contribution in [3.05, 3.63) is 106 Å². The Kier molecular flexibility index (Phi) is 8.56. The standard InChI is InChI=1S/C31H31BrFN3O2/c1-2-3-16-36-27(19-34-31(36)24-8-5-4-6-9-24)21-35(15-7-10-25-18-26(32)12-13-28(25)33)20-23-11-14-29-30(17-23)38-22-37-29/h4-14,17-19H,2-3,15-16,20-22H2,1H3. The van der Waals surface area contributed by atoms with Crippen LogP contribution in [0.1, 0.15) is 36.6 Å². The summed E-state index contributed by atoms with van der Waals surface area (Å²) >= 11 is 3.44. The maximum absolute atomic E-state index is 14.3. The molecule has 1 aliphatic heterocycles. The Bertz CT molecular complexity index is 1400. The van der Waals surface area contributed by atoms with Crippen LogP contribution in [0.15, 0.2) is 83.5 Å². The zero-order valence-corrected chi connectivity index (χ0v) is 23.0. The van der Waals surface area contributed by atoms with Gasteiger partial charge in [0.25, 0.3) is 0 Å². The van der Waals surface area contributed by atoms with E-state index >= 15 is 0 Å². The number of unbranched alkanes of at least 4 members (excludes halogenated alkanes) is 1. The van der Waals surface area contributed by atoms with E-state index in [0.29, 0.717) is 25.2 Å². The number of imidazole rings is 1. The van der Waals surface area contributed by atoms with Crippen molar-refractivity contribution in [2.45, 2.75) is 39.4 Å². The minimum absolute atomic E-state index is 0.239. The number of ether oxygens (including phenoxy) is 2. The first-order valence-corrected chi connectivity index (χ1v) is 13.7. The topological polar surface area (TPSA) is 39.5 Å². The molecule has 0 fully saturated rings. The van der Waals surface area contributed by atoms with E-state index in [-0.39, 0.29) is 12.6 Å². The highest BCUT2D eigenvalue weighted by Gasteiger charge is 2.17. The summed E-state index contributed by atoms with van der Waals surface area (Å²) in [6, 6.07) is 21.4. The van der Waals surface area contributed by atoms with E-state index in [0.717, 1.165) is 58.0 Å². The molecule has 4 aromatic rings. The Balaban J connectivity index is 1.42. The normalized spacial score (nSPS) is 12.6. The highest BCUT2D eigenvalue weighted by atomic mass is 79.9. The fourth-order valence-electron chi connectivity index (χ4n) is 4.60. The van der Waals surface area contributed by atoms with Crippen LogP contribution in [0.2, 0.25) is 0 Å². The van der Waals surface area contributed by atoms with Crippen LogP contribution in [-0.2, 0) is 19.6 Å². The average Bonchev–Trinajstić information content (AvgIpc) is 3.56. The summed E-state index contributed by atoms with van der Waals surface area (Å²) in [5.41, 5.74) is 3.95. The van der Waals surface area contributed by atoms with Crippen LogP contribution in [0.5, 0.6) is 11.5 Å². The van der Waals surface area contributed by atoms with Crippen LogP contribution < -0.4 is 9.47 Å². The van der Waals surface area contributed by atoms with Gasteiger partial charge in [0.15, 0.2) is 11.5 Å². The number of hydrogen-bond acceptors (Lipinski definition) is 4. The van der Waals surface area contributed by atoms with E-state index in [2.05, 4.69) is 50.5 Å². The maximum atomic E-state index is 14.3. The van der Waals surface area contributed by atoms with E-state index in [1.165, 1.54) is 6.07 Å². The second kappa shape index (κ2) is 12.4. The summed E-state index contributed by atoms with van der Waals surface area (Å²) < 4.78 is 28.6. The highest BCUT2D eigenvalue weighted by molar-refractivity contribution is 9.10. The second-order valence-corrected chi connectivity index (χ2v) is 10.3. The predicted octanol–water partition coefficient (Wildman–Crippen LogP) is 7.70. The zero-order chi connectivity index (χ0) is 26.3. The molecule has 0 aliphatic carbocycles. The van der Waals surface area contributed by atoms with Crippen LogP contribution >= 0.6 is 15.9 Å². The van der Waals surface area contributed by atoms with Crippen LogP contribution in [0.3, 0.4) is 0 Å². The first-order chi connectivity index (χ1) is 18.6. The summed E-state index contributed by atoms with van der Waals surface area (Å²) in [7, 11) is 0. The Morgan fingerprint density at radius 2 is 1.87 bits per heavy atom. The number of benzene rings is 3. The number of hydrogen-bond donors (Lipinski definition) is 0. The average molecular weight is 577 g/mol. The van der Waals surface area contributed by atoms with Crippen molar-refractivity contribution < 1.29 is 13.9 Å². The van der Waals surface area contributed by atoms with Gasteiger partial charge in [-0.05, 0) is 42.3 Å². The minimum atomic E-state index is -0.239. The molecule has 5 nitrogen and oxygen atoms in total. The van der Waals surface area contributed by atoms with Gasteiger partial charge in [0.05, 0.1) is 11.9 Å². The molecule has 0 saturated heterocycles. The lowest BCUT2D eigenvalue weighted by molar-refractivity contribution is 0.174. The van der Waals surface area contributed by atoms with Gasteiger partial charge in [-0.2, -0.15) is 0 Å². The first-order valence-electron chi connectivity index (χ1n) is 12.9. The first kappa shape index (κ1) is 26.2. The van der Waals surface area contributed by atoms with Crippen LogP contribution in [0.25, 0.3) is 17.5 Å². The molecule has 3 aromatic carbocycles. The van der Waals surface area contributed by atoms with Gasteiger partial charge >= 0.3 is 0 Å². The molecular formula is C31H31BrFN3O2. The fourth-order valence-corrected chi connectivity index (χ4v) is 4.98. The molecule has 0 atom stereocenters. The van der Waals surface area contributed by atoms with E-state index in [1.807, 2.05) is 48.7 Å². The summed E-state index contributed by atoms with van der Waals surface area (Å²) in [6.07, 6.45) is 8.03. The Morgan fingerprint density at radius 3 is 2.71 bits per heavy atom. The molecule has 0 unspecified atom stereocenters. The number of rotatable bonds is 11. The molecule has 0 amide bonds. The van der Waals surface area contributed by atoms with Crippen LogP contribution in [0.4, 0.5) is 4.39 Å². The van der Waals surface area contributed by atoms with E-state index in [1.54, 1.807) is 12.1 Å². The molecule has 0 spiro atoms. The second-order valence-electron chi connectivity index (χ2n) is 9.37. The van der Waals surface area contributed by atoms with Crippen molar-refractivity contribution in [2.75, 3.05) is 13.3 Å². The molecule has 2 heterocycles. The van der Waals surface area contributed by atoms with E-state index < -0.39 is 0 Å². The lowest BCUT2D eigenvalue weighted by Crippen LogP contribution is -2.24. The van der Waals surface area contributed by atoms with Gasteiger partial charge in [0.1, 0.15) is 11.6 Å². The van der Waals surface area contributed by atoms with Gasteiger partial charge in [-0.3, -0.25) is 4.90 Å². The summed E-state index contributed by atoms with van der Waals surface area (Å²) in [6.45, 7) is 5.40. The molecule has 0 N–H and O–H groups in total. The molecule has 1 aliphatic rings. The van der Waals surface area contributed by atoms with E-state index in [9.17, 15) is 4.39 Å². The summed E-state index contributed by atoms with van der Waals surface area (Å²) in [5.74, 6) is 2.30. The molecule has 0 saturated carbocycles. The van der Waals surface area contributed by atoms with Crippen molar-refractivity contribution in [1.29, 1.82) is 0 Å². The van der Waals surface area contributed by atoms with Crippen molar-refractivity contribution >= 4 is 22.0 Å². The van der Waals surface area contributed by atoms with Crippen LogP contribution in [0, 0.1) is 5.82 Å². The van der Waals surface area contributed by atoms with Crippen molar-refractivity contribution in [3.8, 4) is 22.9 Å². The number of fused-ring (bicyclic) bond motifs is 1. The Morgan fingerprint density at radius 1 is 1.03 bits per heavy atom. The quantitative estimate of drug-likeness (QED) is 0.184. The zero-order valence-electron chi connectivity index (χ0n) is 21.4. The van der Waals surface area contributed by atoms with E-state index in [4.69, 9.17) is 14.5 Å². The monoisotopic (exact) mass is 575 g/mol. The van der Waals surface area contributed by atoms with Crippen LogP contribution in [-0.4, -0.2) is 27.8 Å². The van der Waals surface area contributed by atoms with Gasteiger partial charge in [-0.25, -0.2) is 9.37 Å². The molecule has 38 heavy (non-hydrogen) atoms. The summed E-state index contributed by atoms with van der Waals surface area (Å²) in [5, 5.41) is 0. The molecule has 7 heteroatoms. The van der Waals surface area contributed by atoms with Gasteiger partial charge in [0.2, 0.25) is 6.79 Å². The van der Waals surface area contributed by atoms with Gasteiger partial charge in [-0.15, -0.1) is 0 Å². The van der Waals surface area contributed by atoms with Gasteiger partial charge in [-0.1, -0.05) is 77.8 Å². The highest BCUT2D eigenvalue weighted by Crippen LogP contribution is 2.33. The molecule has 1 aromatic heterocycles. The maximum Gasteiger partial charge on any atom is 0.231 e. The predicted molar refractivity (Wildman–Crippen MR) is 152 cm³/mol. The lowest BCUT2D eigenvalue weighted by atomic mass is 10.1. The largest absolute Gasteiger partial charge is 0.454 e. The number of nitrogens with zero attached hydrogens (tertiary/aromatic N) is 3. The van der Waals surface area contributed by atoms with Crippen molar-refractivity contribution in [2.24, 2.45) is 0 Å². The summed E-state index contributed by atoms with van der Waals surface area (Å²) in [4.78, 5) is 7.15. The lowest BCUT2D eigenvalue weighted by Gasteiger charge is -2.22. The third kappa shape index (κ3) is 6.34. The SMILES string of the molecule is CCCCn1c(CN(CC=Cc2cc(Br)ccc2F)Cc2ccc3c(c2)OCO3)cnc1-c1ccccc1. The minimum Gasteiger partial charge on any atom is -0.454 e. The van der Waals surface area contributed by atoms with Crippen molar-refractivity contribution in [3.63, 3.8) is 0 Å². The van der Waals surface area contributed by atoms with Crippen molar-refractivity contribution in [1.82, 2.24) is 14.5 Å². The number of aromatic nitrogens is 2. The smallest absolute Gasteiger partial charge is 0.231 e. The molecule has 5 rings (SSSR count). The van der Waals surface area contributed by atoms with Gasteiger partial charge < -0.3 is 14.0 Å².